The van der Waals surface area contributed by atoms with Crippen LogP contribution in [0.15, 0.2) is 34.9 Å². The van der Waals surface area contributed by atoms with Gasteiger partial charge in [-0.1, -0.05) is 49.3 Å². The Morgan fingerprint density at radius 2 is 2.00 bits per heavy atom. The van der Waals surface area contributed by atoms with Crippen LogP contribution in [0.1, 0.15) is 44.0 Å². The van der Waals surface area contributed by atoms with E-state index in [-0.39, 0.29) is 24.8 Å². The average Bonchev–Trinajstić information content (AvgIpc) is 3.12. The Morgan fingerprint density at radius 3 is 2.67 bits per heavy atom. The number of carbonyl (C=O) groups excluding carboxylic acids is 1. The fraction of sp³-hybridized carbons (Fsp3) is 0.550. The van der Waals surface area contributed by atoms with Crippen LogP contribution in [-0.4, -0.2) is 40.7 Å². The van der Waals surface area contributed by atoms with Gasteiger partial charge in [0.25, 0.3) is 5.89 Å². The maximum atomic E-state index is 15.2. The van der Waals surface area contributed by atoms with E-state index in [1.54, 1.807) is 4.90 Å². The summed E-state index contributed by atoms with van der Waals surface area (Å²) in [5.74, 6) is 0.966. The first kappa shape index (κ1) is 19.3. The van der Waals surface area contributed by atoms with Crippen molar-refractivity contribution in [3.8, 4) is 0 Å². The highest BCUT2D eigenvalue weighted by atomic mass is 19.1. The van der Waals surface area contributed by atoms with Crippen molar-refractivity contribution in [2.45, 2.75) is 45.2 Å². The van der Waals surface area contributed by atoms with Crippen LogP contribution in [0.3, 0.4) is 0 Å². The minimum Gasteiger partial charge on any atom is -0.338 e. The third-order valence-electron chi connectivity index (χ3n) is 4.82. The summed E-state index contributed by atoms with van der Waals surface area (Å²) in [7, 11) is 0. The molecule has 7 heteroatoms. The van der Waals surface area contributed by atoms with Crippen LogP contribution < -0.4 is 5.32 Å². The Labute approximate surface area is 159 Å². The standard InChI is InChI=1S/C20H27FN4O2/c1-15(2)14-17-23-18(27-24-17)20(21)9-12-25(13-10-20)19(26)22-11-8-16-6-4-3-5-7-16/h3-7,15H,8-14H2,1-2H3,(H,22,26). The maximum absolute atomic E-state index is 15.2. The molecule has 3 rings (SSSR count). The van der Waals surface area contributed by atoms with Crippen LogP contribution in [0.5, 0.6) is 0 Å². The zero-order valence-corrected chi connectivity index (χ0v) is 15.9. The molecule has 0 aliphatic carbocycles. The summed E-state index contributed by atoms with van der Waals surface area (Å²) in [4.78, 5) is 18.2. The third kappa shape index (κ3) is 5.05. The first-order chi connectivity index (χ1) is 13.0. The second-order valence-corrected chi connectivity index (χ2v) is 7.53. The predicted octanol–water partition coefficient (Wildman–Crippen LogP) is 3.48. The molecule has 2 aromatic rings. The molecule has 0 saturated carbocycles. The average molecular weight is 374 g/mol. The number of hydrogen-bond donors (Lipinski definition) is 1. The molecule has 1 aliphatic rings. The Kier molecular flexibility index (Phi) is 6.08. The smallest absolute Gasteiger partial charge is 0.317 e. The normalized spacial score (nSPS) is 16.5. The quantitative estimate of drug-likeness (QED) is 0.840. The summed E-state index contributed by atoms with van der Waals surface area (Å²) in [6, 6.07) is 9.83. The number of hydrogen-bond acceptors (Lipinski definition) is 4. The minimum atomic E-state index is -1.65. The van der Waals surface area contributed by atoms with Gasteiger partial charge >= 0.3 is 6.03 Å². The molecule has 1 saturated heterocycles. The van der Waals surface area contributed by atoms with Gasteiger partial charge in [-0.15, -0.1) is 0 Å². The number of aromatic nitrogens is 2. The van der Waals surface area contributed by atoms with E-state index in [9.17, 15) is 4.79 Å². The second-order valence-electron chi connectivity index (χ2n) is 7.53. The number of carbonyl (C=O) groups is 1. The van der Waals surface area contributed by atoms with Crippen LogP contribution in [0.25, 0.3) is 0 Å². The lowest BCUT2D eigenvalue weighted by Gasteiger charge is -2.34. The third-order valence-corrected chi connectivity index (χ3v) is 4.82. The number of piperidine rings is 1. The van der Waals surface area contributed by atoms with Gasteiger partial charge < -0.3 is 14.7 Å². The number of amides is 2. The van der Waals surface area contributed by atoms with Gasteiger partial charge in [-0.2, -0.15) is 4.98 Å². The first-order valence-corrected chi connectivity index (χ1v) is 9.55. The van der Waals surface area contributed by atoms with E-state index in [1.807, 2.05) is 30.3 Å². The molecule has 27 heavy (non-hydrogen) atoms. The molecular weight excluding hydrogens is 347 g/mol. The molecule has 2 heterocycles. The fourth-order valence-corrected chi connectivity index (χ4v) is 3.23. The van der Waals surface area contributed by atoms with Gasteiger partial charge in [0.15, 0.2) is 11.5 Å². The zero-order chi connectivity index (χ0) is 19.3. The lowest BCUT2D eigenvalue weighted by Crippen LogP contribution is -2.48. The fourth-order valence-electron chi connectivity index (χ4n) is 3.23. The number of nitrogens with one attached hydrogen (secondary N) is 1. The van der Waals surface area contributed by atoms with Crippen molar-refractivity contribution in [3.05, 3.63) is 47.6 Å². The second kappa shape index (κ2) is 8.50. The van der Waals surface area contributed by atoms with E-state index < -0.39 is 5.67 Å². The van der Waals surface area contributed by atoms with Crippen LogP contribution in [-0.2, 0) is 18.5 Å². The van der Waals surface area contributed by atoms with E-state index in [1.165, 1.54) is 5.56 Å². The highest BCUT2D eigenvalue weighted by Gasteiger charge is 2.42. The maximum Gasteiger partial charge on any atom is 0.317 e. The molecule has 146 valence electrons. The molecule has 6 nitrogen and oxygen atoms in total. The molecule has 0 bridgehead atoms. The summed E-state index contributed by atoms with van der Waals surface area (Å²) in [5.41, 5.74) is -0.476. The van der Waals surface area contributed by atoms with E-state index in [4.69, 9.17) is 4.52 Å². The molecule has 1 aliphatic heterocycles. The number of likely N-dealkylation sites (tertiary alicyclic amines) is 1. The molecule has 0 atom stereocenters. The summed E-state index contributed by atoms with van der Waals surface area (Å²) in [6.45, 7) is 5.32. The first-order valence-electron chi connectivity index (χ1n) is 9.55. The van der Waals surface area contributed by atoms with Crippen molar-refractivity contribution in [1.29, 1.82) is 0 Å². The number of halogens is 1. The minimum absolute atomic E-state index is 0.0438. The topological polar surface area (TPSA) is 71.3 Å². The van der Waals surface area contributed by atoms with E-state index in [0.717, 1.165) is 6.42 Å². The molecule has 0 unspecified atom stereocenters. The molecule has 0 spiro atoms. The van der Waals surface area contributed by atoms with Gasteiger partial charge in [-0.05, 0) is 17.9 Å². The summed E-state index contributed by atoms with van der Waals surface area (Å²) in [6.07, 6.45) is 1.77. The largest absolute Gasteiger partial charge is 0.338 e. The number of nitrogens with zero attached hydrogens (tertiary/aromatic N) is 3. The lowest BCUT2D eigenvalue weighted by molar-refractivity contribution is 0.0391. The van der Waals surface area contributed by atoms with Crippen LogP contribution in [0, 0.1) is 5.92 Å². The highest BCUT2D eigenvalue weighted by molar-refractivity contribution is 5.74. The predicted molar refractivity (Wildman–Crippen MR) is 100.0 cm³/mol. The van der Waals surface area contributed by atoms with Crippen molar-refractivity contribution in [3.63, 3.8) is 0 Å². The Morgan fingerprint density at radius 1 is 1.30 bits per heavy atom. The molecule has 1 fully saturated rings. The van der Waals surface area contributed by atoms with Crippen molar-refractivity contribution >= 4 is 6.03 Å². The summed E-state index contributed by atoms with van der Waals surface area (Å²) < 4.78 is 20.4. The van der Waals surface area contributed by atoms with Crippen LogP contribution in [0.2, 0.25) is 0 Å². The molecular formula is C20H27FN4O2. The van der Waals surface area contributed by atoms with Gasteiger partial charge in [0.05, 0.1) is 0 Å². The van der Waals surface area contributed by atoms with Crippen molar-refractivity contribution in [2.75, 3.05) is 19.6 Å². The Hall–Kier alpha value is -2.44. The molecule has 1 N–H and O–H groups in total. The molecule has 0 radical (unpaired) electrons. The van der Waals surface area contributed by atoms with E-state index >= 15 is 4.39 Å². The number of urea groups is 1. The highest BCUT2D eigenvalue weighted by Crippen LogP contribution is 2.36. The molecule has 1 aromatic heterocycles. The van der Waals surface area contributed by atoms with Gasteiger partial charge in [-0.3, -0.25) is 0 Å². The van der Waals surface area contributed by atoms with Crippen molar-refractivity contribution in [1.82, 2.24) is 20.4 Å². The van der Waals surface area contributed by atoms with E-state index in [0.29, 0.717) is 37.8 Å². The van der Waals surface area contributed by atoms with Gasteiger partial charge in [-0.25, -0.2) is 9.18 Å². The van der Waals surface area contributed by atoms with Crippen LogP contribution >= 0.6 is 0 Å². The van der Waals surface area contributed by atoms with Crippen molar-refractivity contribution in [2.24, 2.45) is 5.92 Å². The van der Waals surface area contributed by atoms with Gasteiger partial charge in [0, 0.05) is 38.9 Å². The van der Waals surface area contributed by atoms with Gasteiger partial charge in [0.2, 0.25) is 0 Å². The summed E-state index contributed by atoms with van der Waals surface area (Å²) in [5, 5.41) is 6.79. The number of alkyl halides is 1. The SMILES string of the molecule is CC(C)Cc1noc(C2(F)CCN(C(=O)NCCc3ccccc3)CC2)n1. The monoisotopic (exact) mass is 374 g/mol. The van der Waals surface area contributed by atoms with Crippen molar-refractivity contribution < 1.29 is 13.7 Å². The number of benzene rings is 1. The molecule has 2 amide bonds. The molecule has 1 aromatic carbocycles. The van der Waals surface area contributed by atoms with Crippen LogP contribution in [0.4, 0.5) is 9.18 Å². The van der Waals surface area contributed by atoms with E-state index in [2.05, 4.69) is 29.3 Å². The number of rotatable bonds is 6. The van der Waals surface area contributed by atoms with Gasteiger partial charge in [0.1, 0.15) is 0 Å². The lowest BCUT2D eigenvalue weighted by atomic mass is 9.93. The zero-order valence-electron chi connectivity index (χ0n) is 15.9. The Bertz CT molecular complexity index is 739. The summed E-state index contributed by atoms with van der Waals surface area (Å²) >= 11 is 0. The Balaban J connectivity index is 1.47.